The van der Waals surface area contributed by atoms with Gasteiger partial charge in [-0.05, 0) is 6.07 Å². The van der Waals surface area contributed by atoms with E-state index in [1.54, 1.807) is 0 Å². The Labute approximate surface area is 239 Å². The molecule has 14 heteroatoms. The number of ketones is 3. The van der Waals surface area contributed by atoms with Crippen LogP contribution in [0.25, 0.3) is 0 Å². The van der Waals surface area contributed by atoms with Crippen molar-refractivity contribution in [2.24, 2.45) is 5.73 Å². The highest BCUT2D eigenvalue weighted by molar-refractivity contribution is 6.31. The van der Waals surface area contributed by atoms with Gasteiger partial charge in [0.05, 0.1) is 42.6 Å². The summed E-state index contributed by atoms with van der Waals surface area (Å²) in [6, 6.07) is 3.43. The standard InChI is InChI=1S/C27H29NO12.ClH/c1-38-13-4-2-3-10-18(13)25(35)21-20(22(10)32)23(33)11-6-27(37,16(31)9-30)7-14(19(11)26(21)36)39-17-5-12(28)24(34)15(8-29)40-17;/h2-4,12,14-15,17,24,29-30,33-34,36-37H,5-9,28H2,1H3;1H. The molecule has 2 aromatic rings. The topological polar surface area (TPSA) is 226 Å². The summed E-state index contributed by atoms with van der Waals surface area (Å²) in [5.74, 6) is -3.97. The smallest absolute Gasteiger partial charge is 0.202 e. The van der Waals surface area contributed by atoms with Crippen molar-refractivity contribution in [2.45, 2.75) is 55.5 Å². The normalized spacial score (nSPS) is 28.7. The number of aliphatic hydroxyl groups is 4. The van der Waals surface area contributed by atoms with Crippen molar-refractivity contribution in [3.05, 3.63) is 51.6 Å². The average Bonchev–Trinajstić information content (AvgIpc) is 2.94. The van der Waals surface area contributed by atoms with Crippen LogP contribution in [-0.2, 0) is 20.7 Å². The highest BCUT2D eigenvalue weighted by atomic mass is 35.5. The van der Waals surface area contributed by atoms with Crippen LogP contribution in [0.2, 0.25) is 0 Å². The van der Waals surface area contributed by atoms with E-state index in [9.17, 15) is 45.0 Å². The van der Waals surface area contributed by atoms with Crippen LogP contribution in [0.5, 0.6) is 17.2 Å². The van der Waals surface area contributed by atoms with Crippen LogP contribution in [0, 0.1) is 0 Å². The third-order valence-electron chi connectivity index (χ3n) is 7.85. The number of carbonyl (C=O) groups is 3. The summed E-state index contributed by atoms with van der Waals surface area (Å²) in [5, 5.41) is 63.3. The number of methoxy groups -OCH3 is 1. The minimum Gasteiger partial charge on any atom is -0.507 e. The van der Waals surface area contributed by atoms with Crippen molar-refractivity contribution in [1.29, 1.82) is 0 Å². The first kappa shape index (κ1) is 30.8. The minimum atomic E-state index is -2.29. The molecule has 0 radical (unpaired) electrons. The number of ether oxygens (including phenoxy) is 3. The Morgan fingerprint density at radius 2 is 1.80 bits per heavy atom. The Morgan fingerprint density at radius 1 is 1.12 bits per heavy atom. The van der Waals surface area contributed by atoms with Crippen LogP contribution in [-0.4, -0.2) is 98.5 Å². The second kappa shape index (κ2) is 11.3. The van der Waals surface area contributed by atoms with Crippen molar-refractivity contribution >= 4 is 29.8 Å². The van der Waals surface area contributed by atoms with Crippen LogP contribution in [0.15, 0.2) is 18.2 Å². The lowest BCUT2D eigenvalue weighted by atomic mass is 9.72. The molecule has 0 bridgehead atoms. The molecular weight excluding hydrogens is 566 g/mol. The van der Waals surface area contributed by atoms with E-state index in [-0.39, 0.29) is 46.8 Å². The lowest BCUT2D eigenvalue weighted by molar-refractivity contribution is -0.256. The van der Waals surface area contributed by atoms with Crippen molar-refractivity contribution in [3.63, 3.8) is 0 Å². The molecule has 41 heavy (non-hydrogen) atoms. The van der Waals surface area contributed by atoms with Gasteiger partial charge in [0.1, 0.15) is 35.6 Å². The summed E-state index contributed by atoms with van der Waals surface area (Å²) in [7, 11) is 1.31. The summed E-state index contributed by atoms with van der Waals surface area (Å²) >= 11 is 0. The van der Waals surface area contributed by atoms with Crippen molar-refractivity contribution in [3.8, 4) is 17.2 Å². The summed E-state index contributed by atoms with van der Waals surface area (Å²) in [6.07, 6.45) is -6.19. The molecule has 1 heterocycles. The fraction of sp³-hybridized carbons (Fsp3) is 0.444. The molecule has 2 aromatic carbocycles. The van der Waals surface area contributed by atoms with E-state index in [1.165, 1.54) is 25.3 Å². The predicted molar refractivity (Wildman–Crippen MR) is 140 cm³/mol. The maximum absolute atomic E-state index is 13.7. The van der Waals surface area contributed by atoms with Crippen molar-refractivity contribution in [2.75, 3.05) is 20.3 Å². The number of phenols is 2. The molecule has 2 aliphatic carbocycles. The number of benzene rings is 2. The summed E-state index contributed by atoms with van der Waals surface area (Å²) in [5.41, 5.74) is 2.07. The van der Waals surface area contributed by atoms with Crippen LogP contribution >= 0.6 is 12.4 Å². The first-order chi connectivity index (χ1) is 19.0. The molecule has 0 aromatic heterocycles. The van der Waals surface area contributed by atoms with Gasteiger partial charge in [0, 0.05) is 42.0 Å². The lowest BCUT2D eigenvalue weighted by Gasteiger charge is -2.42. The first-order valence-corrected chi connectivity index (χ1v) is 12.6. The number of rotatable bonds is 6. The van der Waals surface area contributed by atoms with Gasteiger partial charge in [-0.1, -0.05) is 12.1 Å². The number of Topliss-reactive ketones (excluding diaryl/α,β-unsaturated/α-hetero) is 1. The van der Waals surface area contributed by atoms with E-state index >= 15 is 0 Å². The number of carbonyl (C=O) groups excluding carboxylic acids is 3. The zero-order valence-corrected chi connectivity index (χ0v) is 22.6. The maximum atomic E-state index is 13.7. The molecule has 3 aliphatic rings. The van der Waals surface area contributed by atoms with E-state index in [1.807, 2.05) is 0 Å². The van der Waals surface area contributed by atoms with Crippen LogP contribution in [0.3, 0.4) is 0 Å². The monoisotopic (exact) mass is 595 g/mol. The predicted octanol–water partition coefficient (Wildman–Crippen LogP) is -0.605. The number of nitrogens with two attached hydrogens (primary N) is 1. The molecule has 0 spiro atoms. The molecule has 222 valence electrons. The second-order valence-corrected chi connectivity index (χ2v) is 10.2. The van der Waals surface area contributed by atoms with Gasteiger partial charge in [-0.3, -0.25) is 14.4 Å². The quantitative estimate of drug-likeness (QED) is 0.177. The first-order valence-electron chi connectivity index (χ1n) is 12.6. The van der Waals surface area contributed by atoms with Gasteiger partial charge in [0.2, 0.25) is 5.78 Å². The van der Waals surface area contributed by atoms with Gasteiger partial charge in [-0.2, -0.15) is 0 Å². The largest absolute Gasteiger partial charge is 0.507 e. The molecule has 0 amide bonds. The van der Waals surface area contributed by atoms with E-state index in [0.717, 1.165) is 0 Å². The van der Waals surface area contributed by atoms with Crippen molar-refractivity contribution in [1.82, 2.24) is 0 Å². The van der Waals surface area contributed by atoms with Gasteiger partial charge >= 0.3 is 0 Å². The zero-order valence-electron chi connectivity index (χ0n) is 21.8. The molecule has 1 fully saturated rings. The number of aliphatic hydroxyl groups excluding tert-OH is 3. The summed E-state index contributed by atoms with van der Waals surface area (Å²) in [6.45, 7) is -1.65. The Hall–Kier alpha value is -3.14. The third-order valence-corrected chi connectivity index (χ3v) is 7.85. The Bertz CT molecular complexity index is 1410. The number of phenolic OH excluding ortho intramolecular Hbond substituents is 2. The summed E-state index contributed by atoms with van der Waals surface area (Å²) < 4.78 is 16.8. The number of halogens is 1. The third kappa shape index (κ3) is 4.77. The highest BCUT2D eigenvalue weighted by Crippen LogP contribution is 2.52. The average molecular weight is 596 g/mol. The fourth-order valence-corrected chi connectivity index (χ4v) is 5.78. The Morgan fingerprint density at radius 3 is 2.44 bits per heavy atom. The molecule has 5 rings (SSSR count). The molecular formula is C27H30ClNO12. The maximum Gasteiger partial charge on any atom is 0.202 e. The van der Waals surface area contributed by atoms with Gasteiger partial charge in [0.25, 0.3) is 0 Å². The molecule has 6 atom stereocenters. The molecule has 6 unspecified atom stereocenters. The number of aromatic hydroxyl groups is 2. The SMILES string of the molecule is COc1cccc2c1C(=O)c1c(O)c3c(c(O)c1C2=O)CC(O)(C(=O)CO)CC3OC1CC(N)C(O)C(CO)O1.Cl. The van der Waals surface area contributed by atoms with Crippen LogP contribution < -0.4 is 10.5 Å². The van der Waals surface area contributed by atoms with E-state index in [0.29, 0.717) is 0 Å². The minimum absolute atomic E-state index is 0. The van der Waals surface area contributed by atoms with Crippen molar-refractivity contribution < 1.29 is 59.2 Å². The Kier molecular flexibility index (Phi) is 8.47. The van der Waals surface area contributed by atoms with E-state index in [2.05, 4.69) is 0 Å². The molecule has 8 N–H and O–H groups in total. The number of hydrogen-bond donors (Lipinski definition) is 7. The van der Waals surface area contributed by atoms with E-state index in [4.69, 9.17) is 19.9 Å². The van der Waals surface area contributed by atoms with Crippen LogP contribution in [0.4, 0.5) is 0 Å². The number of hydrogen-bond acceptors (Lipinski definition) is 13. The molecule has 1 aliphatic heterocycles. The van der Waals surface area contributed by atoms with Gasteiger partial charge in [-0.15, -0.1) is 12.4 Å². The zero-order chi connectivity index (χ0) is 29.1. The lowest BCUT2D eigenvalue weighted by Crippen LogP contribution is -2.55. The molecule has 1 saturated heterocycles. The molecule has 13 nitrogen and oxygen atoms in total. The van der Waals surface area contributed by atoms with E-state index < -0.39 is 102 Å². The number of fused-ring (bicyclic) bond motifs is 3. The van der Waals surface area contributed by atoms with Gasteiger partial charge in [-0.25, -0.2) is 0 Å². The second-order valence-electron chi connectivity index (χ2n) is 10.2. The van der Waals surface area contributed by atoms with Gasteiger partial charge < -0.3 is 50.6 Å². The highest BCUT2D eigenvalue weighted by Gasteiger charge is 2.50. The summed E-state index contributed by atoms with van der Waals surface area (Å²) in [4.78, 5) is 39.8. The molecule has 0 saturated carbocycles. The van der Waals surface area contributed by atoms with Gasteiger partial charge in [0.15, 0.2) is 17.9 Å². The Balaban J connectivity index is 0.00000387. The van der Waals surface area contributed by atoms with Crippen LogP contribution in [0.1, 0.15) is 61.9 Å². The fourth-order valence-electron chi connectivity index (χ4n) is 5.78.